The van der Waals surface area contributed by atoms with E-state index in [-0.39, 0.29) is 0 Å². The third-order valence-corrected chi connectivity index (χ3v) is 3.37. The molecule has 2 aromatic rings. The summed E-state index contributed by atoms with van der Waals surface area (Å²) in [4.78, 5) is 3.97. The Hall–Kier alpha value is -1.39. The van der Waals surface area contributed by atoms with E-state index in [4.69, 9.17) is 5.73 Å². The molecule has 88 valence electrons. The number of hydrogen-bond donors (Lipinski definition) is 2. The molecule has 0 spiro atoms. The summed E-state index contributed by atoms with van der Waals surface area (Å²) in [5.74, 6) is 0.382. The third-order valence-electron chi connectivity index (χ3n) is 2.60. The summed E-state index contributed by atoms with van der Waals surface area (Å²) in [5, 5.41) is 10.1. The Kier molecular flexibility index (Phi) is 3.76. The molecular weight excluding hydrogens is 280 g/mol. The van der Waals surface area contributed by atoms with Gasteiger partial charge in [0.2, 0.25) is 0 Å². The fourth-order valence-corrected chi connectivity index (χ4v) is 2.14. The molecule has 0 aliphatic heterocycles. The average molecular weight is 293 g/mol. The third kappa shape index (κ3) is 2.84. The van der Waals surface area contributed by atoms with Crippen LogP contribution < -0.4 is 5.73 Å². The van der Waals surface area contributed by atoms with E-state index in [2.05, 4.69) is 20.9 Å². The highest BCUT2D eigenvalue weighted by Crippen LogP contribution is 2.25. The molecule has 1 heterocycles. The lowest BCUT2D eigenvalue weighted by atomic mass is 10.0. The Morgan fingerprint density at radius 2 is 2.00 bits per heavy atom. The van der Waals surface area contributed by atoms with Crippen LogP contribution in [-0.4, -0.2) is 10.1 Å². The molecule has 4 heteroatoms. The van der Waals surface area contributed by atoms with Crippen LogP contribution >= 0.6 is 15.9 Å². The van der Waals surface area contributed by atoms with Crippen molar-refractivity contribution in [3.8, 4) is 0 Å². The first-order valence-corrected chi connectivity index (χ1v) is 6.09. The van der Waals surface area contributed by atoms with Gasteiger partial charge in [-0.3, -0.25) is 0 Å². The maximum Gasteiger partial charge on any atom is 0.129 e. The predicted molar refractivity (Wildman–Crippen MR) is 71.5 cm³/mol. The number of nitrogen functional groups attached to an aromatic ring is 1. The van der Waals surface area contributed by atoms with Crippen molar-refractivity contribution in [2.45, 2.75) is 12.5 Å². The predicted octanol–water partition coefficient (Wildman–Crippen LogP) is 2.70. The number of benzene rings is 1. The van der Waals surface area contributed by atoms with E-state index in [1.807, 2.05) is 24.3 Å². The van der Waals surface area contributed by atoms with Crippen molar-refractivity contribution in [1.82, 2.24) is 4.98 Å². The second kappa shape index (κ2) is 5.29. The standard InChI is InChI=1S/C13H13BrN2O/c14-11-6-2-1-4-9(11)8-12(17)10-5-3-7-16-13(10)15/h1-7,12,17H,8H2,(H2,15,16). The van der Waals surface area contributed by atoms with Crippen molar-refractivity contribution in [2.24, 2.45) is 0 Å². The largest absolute Gasteiger partial charge is 0.388 e. The number of rotatable bonds is 3. The monoisotopic (exact) mass is 292 g/mol. The quantitative estimate of drug-likeness (QED) is 0.914. The molecule has 3 nitrogen and oxygen atoms in total. The molecule has 2 rings (SSSR count). The number of halogens is 1. The van der Waals surface area contributed by atoms with E-state index in [0.717, 1.165) is 10.0 Å². The van der Waals surface area contributed by atoms with Crippen LogP contribution in [0, 0.1) is 0 Å². The van der Waals surface area contributed by atoms with E-state index >= 15 is 0 Å². The van der Waals surface area contributed by atoms with Crippen LogP contribution in [0.5, 0.6) is 0 Å². The smallest absolute Gasteiger partial charge is 0.129 e. The van der Waals surface area contributed by atoms with Gasteiger partial charge in [-0.1, -0.05) is 40.2 Å². The molecule has 3 N–H and O–H groups in total. The Bertz CT molecular complexity index is 516. The average Bonchev–Trinajstić information content (AvgIpc) is 2.32. The van der Waals surface area contributed by atoms with Crippen LogP contribution in [0.1, 0.15) is 17.2 Å². The minimum atomic E-state index is -0.637. The minimum Gasteiger partial charge on any atom is -0.388 e. The molecule has 0 saturated carbocycles. The van der Waals surface area contributed by atoms with Gasteiger partial charge in [-0.25, -0.2) is 4.98 Å². The van der Waals surface area contributed by atoms with Crippen LogP contribution in [-0.2, 0) is 6.42 Å². The number of nitrogens with zero attached hydrogens (tertiary/aromatic N) is 1. The van der Waals surface area contributed by atoms with Crippen LogP contribution in [0.15, 0.2) is 47.1 Å². The van der Waals surface area contributed by atoms with Gasteiger partial charge in [0.25, 0.3) is 0 Å². The highest BCUT2D eigenvalue weighted by Gasteiger charge is 2.13. The summed E-state index contributed by atoms with van der Waals surface area (Å²) in [6.07, 6.45) is 1.49. The highest BCUT2D eigenvalue weighted by atomic mass is 79.9. The molecule has 0 saturated heterocycles. The second-order valence-electron chi connectivity index (χ2n) is 3.79. The lowest BCUT2D eigenvalue weighted by Crippen LogP contribution is -2.06. The summed E-state index contributed by atoms with van der Waals surface area (Å²) in [6.45, 7) is 0. The van der Waals surface area contributed by atoms with Crippen LogP contribution in [0.4, 0.5) is 5.82 Å². The first kappa shape index (κ1) is 12.1. The molecular formula is C13H13BrN2O. The Morgan fingerprint density at radius 1 is 1.24 bits per heavy atom. The highest BCUT2D eigenvalue weighted by molar-refractivity contribution is 9.10. The number of aromatic nitrogens is 1. The topological polar surface area (TPSA) is 59.1 Å². The maximum atomic E-state index is 10.1. The molecule has 0 aliphatic rings. The summed E-state index contributed by atoms with van der Waals surface area (Å²) in [6, 6.07) is 11.4. The molecule has 1 aromatic heterocycles. The van der Waals surface area contributed by atoms with Gasteiger partial charge in [-0.2, -0.15) is 0 Å². The molecule has 0 bridgehead atoms. The molecule has 1 aromatic carbocycles. The van der Waals surface area contributed by atoms with E-state index in [0.29, 0.717) is 17.8 Å². The lowest BCUT2D eigenvalue weighted by Gasteiger charge is -2.13. The lowest BCUT2D eigenvalue weighted by molar-refractivity contribution is 0.178. The van der Waals surface area contributed by atoms with Gasteiger partial charge >= 0.3 is 0 Å². The fraction of sp³-hybridized carbons (Fsp3) is 0.154. The van der Waals surface area contributed by atoms with Crippen molar-refractivity contribution in [1.29, 1.82) is 0 Å². The summed E-state index contributed by atoms with van der Waals surface area (Å²) < 4.78 is 0.988. The minimum absolute atomic E-state index is 0.382. The number of pyridine rings is 1. The van der Waals surface area contributed by atoms with Gasteiger partial charge < -0.3 is 10.8 Å². The molecule has 1 unspecified atom stereocenters. The van der Waals surface area contributed by atoms with Crippen molar-refractivity contribution in [3.05, 3.63) is 58.2 Å². The Morgan fingerprint density at radius 3 is 2.71 bits per heavy atom. The number of aliphatic hydroxyl groups excluding tert-OH is 1. The van der Waals surface area contributed by atoms with Crippen LogP contribution in [0.2, 0.25) is 0 Å². The van der Waals surface area contributed by atoms with E-state index in [1.165, 1.54) is 0 Å². The van der Waals surface area contributed by atoms with Crippen molar-refractivity contribution in [2.75, 3.05) is 5.73 Å². The van der Waals surface area contributed by atoms with E-state index in [9.17, 15) is 5.11 Å². The van der Waals surface area contributed by atoms with Gasteiger partial charge in [0.05, 0.1) is 6.10 Å². The van der Waals surface area contributed by atoms with E-state index < -0.39 is 6.10 Å². The summed E-state index contributed by atoms with van der Waals surface area (Å²) >= 11 is 3.46. The first-order valence-electron chi connectivity index (χ1n) is 5.30. The molecule has 17 heavy (non-hydrogen) atoms. The zero-order valence-electron chi connectivity index (χ0n) is 9.18. The zero-order chi connectivity index (χ0) is 12.3. The Labute approximate surface area is 108 Å². The molecule has 1 atom stereocenters. The first-order chi connectivity index (χ1) is 8.18. The van der Waals surface area contributed by atoms with E-state index in [1.54, 1.807) is 18.3 Å². The van der Waals surface area contributed by atoms with Gasteiger partial charge in [-0.15, -0.1) is 0 Å². The van der Waals surface area contributed by atoms with Crippen molar-refractivity contribution >= 4 is 21.7 Å². The normalized spacial score (nSPS) is 12.4. The van der Waals surface area contributed by atoms with Crippen LogP contribution in [0.3, 0.4) is 0 Å². The number of nitrogens with two attached hydrogens (primary N) is 1. The zero-order valence-corrected chi connectivity index (χ0v) is 10.8. The van der Waals surface area contributed by atoms with Gasteiger partial charge in [-0.05, 0) is 17.7 Å². The molecule has 0 fully saturated rings. The van der Waals surface area contributed by atoms with Gasteiger partial charge in [0.15, 0.2) is 0 Å². The van der Waals surface area contributed by atoms with Crippen molar-refractivity contribution < 1.29 is 5.11 Å². The maximum absolute atomic E-state index is 10.1. The number of anilines is 1. The van der Waals surface area contributed by atoms with Gasteiger partial charge in [0.1, 0.15) is 5.82 Å². The number of hydrogen-bond acceptors (Lipinski definition) is 3. The van der Waals surface area contributed by atoms with Crippen molar-refractivity contribution in [3.63, 3.8) is 0 Å². The summed E-state index contributed by atoms with van der Waals surface area (Å²) in [7, 11) is 0. The SMILES string of the molecule is Nc1ncccc1C(O)Cc1ccccc1Br. The molecule has 0 amide bonds. The molecule has 0 aliphatic carbocycles. The number of aliphatic hydroxyl groups is 1. The molecule has 0 radical (unpaired) electrons. The van der Waals surface area contributed by atoms with Gasteiger partial charge in [0, 0.05) is 22.7 Å². The second-order valence-corrected chi connectivity index (χ2v) is 4.64. The Balaban J connectivity index is 2.20. The summed E-state index contributed by atoms with van der Waals surface area (Å²) in [5.41, 5.74) is 7.44. The van der Waals surface area contributed by atoms with Crippen LogP contribution in [0.25, 0.3) is 0 Å². The fourth-order valence-electron chi connectivity index (χ4n) is 1.69.